The fourth-order valence-electron chi connectivity index (χ4n) is 2.45. The van der Waals surface area contributed by atoms with Crippen LogP contribution in [0.4, 0.5) is 15.6 Å². The summed E-state index contributed by atoms with van der Waals surface area (Å²) in [6, 6.07) is 5.15. The lowest BCUT2D eigenvalue weighted by atomic mass is 10.2. The van der Waals surface area contributed by atoms with E-state index in [4.69, 9.17) is 9.84 Å². The van der Waals surface area contributed by atoms with Crippen LogP contribution in [-0.2, 0) is 17.1 Å². The van der Waals surface area contributed by atoms with Gasteiger partial charge in [-0.25, -0.2) is 14.5 Å². The molecule has 0 fully saturated rings. The first kappa shape index (κ1) is 23.5. The molecule has 3 N–H and O–H groups in total. The third kappa shape index (κ3) is 6.92. The van der Waals surface area contributed by atoms with Crippen LogP contribution >= 0.6 is 23.1 Å². The van der Waals surface area contributed by atoms with Crippen molar-refractivity contribution >= 4 is 45.9 Å². The number of tetrazole rings is 1. The van der Waals surface area contributed by atoms with Crippen LogP contribution in [-0.4, -0.2) is 48.9 Å². The Kier molecular flexibility index (Phi) is 8.00. The second-order valence-corrected chi connectivity index (χ2v) is 9.27. The Morgan fingerprint density at radius 1 is 1.31 bits per heavy atom. The number of thioether (sulfide) groups is 1. The molecular formula is C19H23N7O4S2. The molecule has 170 valence electrons. The van der Waals surface area contributed by atoms with E-state index in [9.17, 15) is 9.59 Å². The third-order valence-corrected chi connectivity index (χ3v) is 5.96. The Balaban J connectivity index is 1.56. The van der Waals surface area contributed by atoms with Crippen molar-refractivity contribution in [3.05, 3.63) is 34.8 Å². The normalized spacial score (nSPS) is 10.9. The quantitative estimate of drug-likeness (QED) is 0.374. The number of carboxylic acids is 1. The molecule has 11 nitrogen and oxygen atoms in total. The van der Waals surface area contributed by atoms with Gasteiger partial charge >= 0.3 is 12.0 Å². The van der Waals surface area contributed by atoms with Crippen molar-refractivity contribution in [1.82, 2.24) is 25.2 Å². The number of amides is 2. The van der Waals surface area contributed by atoms with Gasteiger partial charge in [-0.2, -0.15) is 0 Å². The first-order chi connectivity index (χ1) is 15.3. The number of carbonyl (C=O) groups is 2. The minimum atomic E-state index is -1.03. The molecule has 0 unspecified atom stereocenters. The lowest BCUT2D eigenvalue weighted by Crippen LogP contribution is -2.20. The van der Waals surface area contributed by atoms with Crippen LogP contribution in [0.25, 0.3) is 0 Å². The highest BCUT2D eigenvalue weighted by Crippen LogP contribution is 2.28. The molecule has 0 saturated carbocycles. The summed E-state index contributed by atoms with van der Waals surface area (Å²) in [5, 5.41) is 26.2. The number of aromatic nitrogens is 5. The number of carboxylic acid groups (broad SMARTS) is 1. The number of hydrogen-bond donors (Lipinski definition) is 3. The van der Waals surface area contributed by atoms with Crippen molar-refractivity contribution < 1.29 is 19.4 Å². The van der Waals surface area contributed by atoms with Gasteiger partial charge in [-0.1, -0.05) is 31.7 Å². The number of thiazole rings is 1. The van der Waals surface area contributed by atoms with E-state index in [2.05, 4.69) is 45.0 Å². The topological polar surface area (TPSA) is 144 Å². The maximum atomic E-state index is 12.5. The van der Waals surface area contributed by atoms with E-state index >= 15 is 0 Å². The molecule has 2 heterocycles. The zero-order valence-electron chi connectivity index (χ0n) is 17.7. The number of nitrogens with one attached hydrogen (secondary N) is 2. The molecule has 32 heavy (non-hydrogen) atoms. The number of aliphatic carboxylic acids is 1. The van der Waals surface area contributed by atoms with Gasteiger partial charge in [0.05, 0.1) is 12.3 Å². The Labute approximate surface area is 192 Å². The zero-order chi connectivity index (χ0) is 23.1. The Hall–Kier alpha value is -3.19. The van der Waals surface area contributed by atoms with Gasteiger partial charge in [0.15, 0.2) is 5.13 Å². The SMILES string of the molecule is Cc1ccc(NC(=O)Nc2ncc(CSc3nnnn3CC(=O)O)s2)c(OCC(C)C)c1. The number of anilines is 2. The van der Waals surface area contributed by atoms with Gasteiger partial charge in [-0.3, -0.25) is 10.1 Å². The molecule has 0 radical (unpaired) electrons. The lowest BCUT2D eigenvalue weighted by Gasteiger charge is -2.14. The summed E-state index contributed by atoms with van der Waals surface area (Å²) in [6.45, 7) is 6.30. The number of rotatable bonds is 10. The van der Waals surface area contributed by atoms with E-state index in [0.29, 0.717) is 40.0 Å². The Bertz CT molecular complexity index is 1080. The molecule has 3 rings (SSSR count). The maximum Gasteiger partial charge on any atom is 0.325 e. The monoisotopic (exact) mass is 477 g/mol. The van der Waals surface area contributed by atoms with Crippen LogP contribution in [0, 0.1) is 12.8 Å². The zero-order valence-corrected chi connectivity index (χ0v) is 19.4. The number of aryl methyl sites for hydroxylation is 1. The van der Waals surface area contributed by atoms with E-state index in [1.54, 1.807) is 12.3 Å². The van der Waals surface area contributed by atoms with Gasteiger partial charge in [-0.15, -0.1) is 16.4 Å². The number of benzene rings is 1. The minimum Gasteiger partial charge on any atom is -0.491 e. The minimum absolute atomic E-state index is 0.313. The van der Waals surface area contributed by atoms with Crippen molar-refractivity contribution in [1.29, 1.82) is 0 Å². The predicted octanol–water partition coefficient (Wildman–Crippen LogP) is 3.49. The molecule has 0 aliphatic rings. The van der Waals surface area contributed by atoms with Crippen molar-refractivity contribution in [2.45, 2.75) is 38.2 Å². The first-order valence-corrected chi connectivity index (χ1v) is 11.5. The fourth-order valence-corrected chi connectivity index (χ4v) is 4.16. The summed E-state index contributed by atoms with van der Waals surface area (Å²) in [6.07, 6.45) is 1.64. The van der Waals surface area contributed by atoms with Crippen LogP contribution in [0.1, 0.15) is 24.3 Å². The highest BCUT2D eigenvalue weighted by Gasteiger charge is 2.13. The van der Waals surface area contributed by atoms with Gasteiger partial charge in [-0.05, 0) is 41.0 Å². The van der Waals surface area contributed by atoms with Gasteiger partial charge in [0, 0.05) is 16.8 Å². The molecule has 2 amide bonds. The van der Waals surface area contributed by atoms with Crippen LogP contribution in [0.3, 0.4) is 0 Å². The lowest BCUT2D eigenvalue weighted by molar-refractivity contribution is -0.138. The number of urea groups is 1. The van der Waals surface area contributed by atoms with E-state index in [1.807, 2.05) is 19.1 Å². The molecule has 0 aliphatic heterocycles. The van der Waals surface area contributed by atoms with E-state index in [0.717, 1.165) is 10.4 Å². The van der Waals surface area contributed by atoms with Gasteiger partial charge in [0.2, 0.25) is 5.16 Å². The predicted molar refractivity (Wildman–Crippen MR) is 121 cm³/mol. The second kappa shape index (κ2) is 10.9. The number of nitrogens with zero attached hydrogens (tertiary/aromatic N) is 5. The Morgan fingerprint density at radius 2 is 2.12 bits per heavy atom. The van der Waals surface area contributed by atoms with Gasteiger partial charge in [0.25, 0.3) is 0 Å². The average Bonchev–Trinajstić information content (AvgIpc) is 3.35. The van der Waals surface area contributed by atoms with Crippen LogP contribution in [0.5, 0.6) is 5.75 Å². The van der Waals surface area contributed by atoms with Crippen LogP contribution in [0.2, 0.25) is 0 Å². The smallest absolute Gasteiger partial charge is 0.325 e. The second-order valence-electron chi connectivity index (χ2n) is 7.22. The highest BCUT2D eigenvalue weighted by molar-refractivity contribution is 7.98. The largest absolute Gasteiger partial charge is 0.491 e. The van der Waals surface area contributed by atoms with Crippen molar-refractivity contribution in [2.24, 2.45) is 5.92 Å². The molecule has 0 bridgehead atoms. The molecule has 3 aromatic rings. The van der Waals surface area contributed by atoms with Gasteiger partial charge < -0.3 is 15.2 Å². The molecule has 0 spiro atoms. The van der Waals surface area contributed by atoms with Crippen molar-refractivity contribution in [3.63, 3.8) is 0 Å². The molecule has 13 heteroatoms. The maximum absolute atomic E-state index is 12.5. The molecule has 2 aromatic heterocycles. The summed E-state index contributed by atoms with van der Waals surface area (Å²) in [7, 11) is 0. The van der Waals surface area contributed by atoms with Crippen LogP contribution in [0.15, 0.2) is 29.6 Å². The fraction of sp³-hybridized carbons (Fsp3) is 0.368. The summed E-state index contributed by atoms with van der Waals surface area (Å²) in [5.41, 5.74) is 1.61. The summed E-state index contributed by atoms with van der Waals surface area (Å²) in [4.78, 5) is 28.4. The number of hydrogen-bond acceptors (Lipinski definition) is 9. The summed E-state index contributed by atoms with van der Waals surface area (Å²) >= 11 is 2.59. The van der Waals surface area contributed by atoms with Gasteiger partial charge in [0.1, 0.15) is 12.3 Å². The van der Waals surface area contributed by atoms with Crippen molar-refractivity contribution in [2.75, 3.05) is 17.2 Å². The van der Waals surface area contributed by atoms with E-state index in [-0.39, 0.29) is 6.54 Å². The summed E-state index contributed by atoms with van der Waals surface area (Å²) in [5.74, 6) is 0.425. The number of ether oxygens (including phenoxy) is 1. The number of carbonyl (C=O) groups excluding carboxylic acids is 1. The van der Waals surface area contributed by atoms with Crippen molar-refractivity contribution in [3.8, 4) is 5.75 Å². The standard InChI is InChI=1S/C19H23N7O4S2/c1-11(2)9-30-15-6-12(3)4-5-14(15)21-17(29)22-18-20-7-13(32-18)10-31-19-23-24-25-26(19)8-16(27)28/h4-7,11H,8-10H2,1-3H3,(H,27,28)(H2,20,21,22,29). The highest BCUT2D eigenvalue weighted by atomic mass is 32.2. The molecule has 1 aromatic carbocycles. The third-order valence-electron chi connectivity index (χ3n) is 3.86. The van der Waals surface area contributed by atoms with Crippen LogP contribution < -0.4 is 15.4 Å². The molecule has 0 aliphatic carbocycles. The average molecular weight is 478 g/mol. The molecule has 0 saturated heterocycles. The Morgan fingerprint density at radius 3 is 2.88 bits per heavy atom. The summed E-state index contributed by atoms with van der Waals surface area (Å²) < 4.78 is 7.03. The first-order valence-electron chi connectivity index (χ1n) is 9.67. The molecular weight excluding hydrogens is 454 g/mol. The molecule has 0 atom stereocenters. The van der Waals surface area contributed by atoms with E-state index < -0.39 is 12.0 Å². The van der Waals surface area contributed by atoms with E-state index in [1.165, 1.54) is 27.8 Å².